The van der Waals surface area contributed by atoms with Crippen molar-refractivity contribution in [2.75, 3.05) is 18.4 Å². The van der Waals surface area contributed by atoms with E-state index in [4.69, 9.17) is 16.3 Å². The smallest absolute Gasteiger partial charge is 0.253 e. The summed E-state index contributed by atoms with van der Waals surface area (Å²) in [4.78, 5) is 27.1. The van der Waals surface area contributed by atoms with Gasteiger partial charge in [0.05, 0.1) is 0 Å². The summed E-state index contributed by atoms with van der Waals surface area (Å²) in [6, 6.07) is 24.3. The molecular weight excluding hydrogens is 424 g/mol. The van der Waals surface area contributed by atoms with E-state index in [1.165, 1.54) is 0 Å². The molecule has 0 spiro atoms. The molecule has 1 aliphatic rings. The van der Waals surface area contributed by atoms with Crippen molar-refractivity contribution in [3.63, 3.8) is 0 Å². The minimum absolute atomic E-state index is 0.0159. The Morgan fingerprint density at radius 3 is 2.34 bits per heavy atom. The number of amides is 2. The summed E-state index contributed by atoms with van der Waals surface area (Å²) in [7, 11) is 0. The standard InChI is InChI=1S/C26H25ClN2O3/c27-22-8-4-7-21(17-22)26(31)29-15-13-20(14-16-29)25(30)28-23-9-11-24(12-10-23)32-18-19-5-2-1-3-6-19/h1-12,17,20H,13-16,18H2,(H,28,30). The number of nitrogens with one attached hydrogen (secondary N) is 1. The van der Waals surface area contributed by atoms with Crippen molar-refractivity contribution in [2.24, 2.45) is 5.92 Å². The summed E-state index contributed by atoms with van der Waals surface area (Å²) in [5.41, 5.74) is 2.42. The van der Waals surface area contributed by atoms with Crippen LogP contribution in [0.4, 0.5) is 5.69 Å². The van der Waals surface area contributed by atoms with Crippen LogP contribution < -0.4 is 10.1 Å². The maximum Gasteiger partial charge on any atom is 0.253 e. The Kier molecular flexibility index (Phi) is 7.07. The van der Waals surface area contributed by atoms with E-state index in [0.717, 1.165) is 17.0 Å². The Balaban J connectivity index is 1.25. The molecule has 1 N–H and O–H groups in total. The normalized spacial score (nSPS) is 14.1. The van der Waals surface area contributed by atoms with Crippen LogP contribution in [0.3, 0.4) is 0 Å². The van der Waals surface area contributed by atoms with Crippen molar-refractivity contribution >= 4 is 29.1 Å². The van der Waals surface area contributed by atoms with Crippen molar-refractivity contribution in [1.82, 2.24) is 4.90 Å². The summed E-state index contributed by atoms with van der Waals surface area (Å²) in [5.74, 6) is 0.572. The minimum Gasteiger partial charge on any atom is -0.489 e. The fourth-order valence-electron chi connectivity index (χ4n) is 3.77. The average Bonchev–Trinajstić information content (AvgIpc) is 2.84. The van der Waals surface area contributed by atoms with Gasteiger partial charge in [0.2, 0.25) is 5.91 Å². The van der Waals surface area contributed by atoms with E-state index in [1.54, 1.807) is 29.2 Å². The van der Waals surface area contributed by atoms with Crippen LogP contribution in [0.15, 0.2) is 78.9 Å². The van der Waals surface area contributed by atoms with Crippen LogP contribution in [0.2, 0.25) is 5.02 Å². The van der Waals surface area contributed by atoms with Gasteiger partial charge in [0.1, 0.15) is 12.4 Å². The number of likely N-dealkylation sites (tertiary alicyclic amines) is 1. The van der Waals surface area contributed by atoms with Gasteiger partial charge in [-0.25, -0.2) is 0 Å². The second-order valence-electron chi connectivity index (χ2n) is 7.86. The minimum atomic E-state index is -0.118. The SMILES string of the molecule is O=C(Nc1ccc(OCc2ccccc2)cc1)C1CCN(C(=O)c2cccc(Cl)c2)CC1. The zero-order valence-corrected chi connectivity index (χ0v) is 18.4. The molecule has 164 valence electrons. The van der Waals surface area contributed by atoms with E-state index >= 15 is 0 Å². The zero-order chi connectivity index (χ0) is 22.3. The summed E-state index contributed by atoms with van der Waals surface area (Å²) in [5, 5.41) is 3.52. The molecular formula is C26H25ClN2O3. The lowest BCUT2D eigenvalue weighted by atomic mass is 9.95. The largest absolute Gasteiger partial charge is 0.489 e. The number of benzene rings is 3. The van der Waals surface area contributed by atoms with Crippen molar-refractivity contribution in [3.05, 3.63) is 95.0 Å². The number of piperidine rings is 1. The van der Waals surface area contributed by atoms with Crippen LogP contribution in [0.5, 0.6) is 5.75 Å². The van der Waals surface area contributed by atoms with Gasteiger partial charge in [0, 0.05) is 35.3 Å². The van der Waals surface area contributed by atoms with Crippen molar-refractivity contribution in [3.8, 4) is 5.75 Å². The number of hydrogen-bond donors (Lipinski definition) is 1. The first-order valence-corrected chi connectivity index (χ1v) is 11.1. The molecule has 3 aromatic rings. The van der Waals surface area contributed by atoms with Gasteiger partial charge in [0.15, 0.2) is 0 Å². The average molecular weight is 449 g/mol. The van der Waals surface area contributed by atoms with Crippen LogP contribution >= 0.6 is 11.6 Å². The highest BCUT2D eigenvalue weighted by molar-refractivity contribution is 6.30. The van der Waals surface area contributed by atoms with Crippen LogP contribution in [0, 0.1) is 5.92 Å². The van der Waals surface area contributed by atoms with Gasteiger partial charge in [-0.1, -0.05) is 48.0 Å². The lowest BCUT2D eigenvalue weighted by molar-refractivity contribution is -0.121. The molecule has 6 heteroatoms. The quantitative estimate of drug-likeness (QED) is 0.548. The molecule has 0 unspecified atom stereocenters. The highest BCUT2D eigenvalue weighted by Crippen LogP contribution is 2.23. The molecule has 5 nitrogen and oxygen atoms in total. The number of carbonyl (C=O) groups is 2. The van der Waals surface area contributed by atoms with Crippen molar-refractivity contribution < 1.29 is 14.3 Å². The molecule has 0 aromatic heterocycles. The summed E-state index contributed by atoms with van der Waals surface area (Å²) >= 11 is 5.99. The van der Waals surface area contributed by atoms with Gasteiger partial charge in [-0.15, -0.1) is 0 Å². The number of hydrogen-bond acceptors (Lipinski definition) is 3. The predicted octanol–water partition coefficient (Wildman–Crippen LogP) is 5.41. The summed E-state index contributed by atoms with van der Waals surface area (Å²) in [6.45, 7) is 1.60. The Labute approximate surface area is 193 Å². The second kappa shape index (κ2) is 10.3. The molecule has 0 aliphatic carbocycles. The molecule has 3 aromatic carbocycles. The first-order chi connectivity index (χ1) is 15.6. The van der Waals surface area contributed by atoms with Gasteiger partial charge in [-0.2, -0.15) is 0 Å². The van der Waals surface area contributed by atoms with E-state index < -0.39 is 0 Å². The van der Waals surface area contributed by atoms with Crippen LogP contribution in [-0.2, 0) is 11.4 Å². The second-order valence-corrected chi connectivity index (χ2v) is 8.30. The number of anilines is 1. The van der Waals surface area contributed by atoms with E-state index in [0.29, 0.717) is 43.1 Å². The van der Waals surface area contributed by atoms with E-state index in [9.17, 15) is 9.59 Å². The van der Waals surface area contributed by atoms with Crippen molar-refractivity contribution in [2.45, 2.75) is 19.4 Å². The monoisotopic (exact) mass is 448 g/mol. The highest BCUT2D eigenvalue weighted by Gasteiger charge is 2.28. The zero-order valence-electron chi connectivity index (χ0n) is 17.7. The summed E-state index contributed by atoms with van der Waals surface area (Å²) < 4.78 is 5.79. The van der Waals surface area contributed by atoms with E-state index in [-0.39, 0.29) is 17.7 Å². The first kappa shape index (κ1) is 21.9. The molecule has 1 saturated heterocycles. The van der Waals surface area contributed by atoms with Gasteiger partial charge in [-0.3, -0.25) is 9.59 Å². The molecule has 0 atom stereocenters. The van der Waals surface area contributed by atoms with Gasteiger partial charge < -0.3 is 15.0 Å². The highest BCUT2D eigenvalue weighted by atomic mass is 35.5. The Morgan fingerprint density at radius 2 is 1.66 bits per heavy atom. The fourth-order valence-corrected chi connectivity index (χ4v) is 3.96. The number of carbonyl (C=O) groups excluding carboxylic acids is 2. The van der Waals surface area contributed by atoms with E-state index in [1.807, 2.05) is 54.6 Å². The molecule has 1 aliphatic heterocycles. The maximum absolute atomic E-state index is 12.7. The lowest BCUT2D eigenvalue weighted by Gasteiger charge is -2.31. The Hall–Kier alpha value is -3.31. The molecule has 0 bridgehead atoms. The topological polar surface area (TPSA) is 58.6 Å². The maximum atomic E-state index is 12.7. The molecule has 0 radical (unpaired) electrons. The third-order valence-corrected chi connectivity index (χ3v) is 5.83. The number of nitrogens with zero attached hydrogens (tertiary/aromatic N) is 1. The Bertz CT molecular complexity index is 1060. The molecule has 4 rings (SSSR count). The molecule has 32 heavy (non-hydrogen) atoms. The number of halogens is 1. The predicted molar refractivity (Wildman–Crippen MR) is 126 cm³/mol. The molecule has 0 saturated carbocycles. The number of rotatable bonds is 6. The van der Waals surface area contributed by atoms with Gasteiger partial charge in [-0.05, 0) is 60.9 Å². The third-order valence-electron chi connectivity index (χ3n) is 5.59. The Morgan fingerprint density at radius 1 is 0.938 bits per heavy atom. The van der Waals surface area contributed by atoms with E-state index in [2.05, 4.69) is 5.32 Å². The van der Waals surface area contributed by atoms with Crippen LogP contribution in [0.25, 0.3) is 0 Å². The molecule has 1 heterocycles. The lowest BCUT2D eigenvalue weighted by Crippen LogP contribution is -2.41. The van der Waals surface area contributed by atoms with Crippen LogP contribution in [-0.4, -0.2) is 29.8 Å². The summed E-state index contributed by atoms with van der Waals surface area (Å²) in [6.07, 6.45) is 1.27. The third kappa shape index (κ3) is 5.68. The van der Waals surface area contributed by atoms with Gasteiger partial charge >= 0.3 is 0 Å². The fraction of sp³-hybridized carbons (Fsp3) is 0.231. The first-order valence-electron chi connectivity index (χ1n) is 10.7. The van der Waals surface area contributed by atoms with Crippen molar-refractivity contribution in [1.29, 1.82) is 0 Å². The van der Waals surface area contributed by atoms with Gasteiger partial charge in [0.25, 0.3) is 5.91 Å². The molecule has 2 amide bonds. The van der Waals surface area contributed by atoms with Crippen LogP contribution in [0.1, 0.15) is 28.8 Å². The number of ether oxygens (including phenoxy) is 1. The molecule has 1 fully saturated rings.